The Kier molecular flexibility index (Phi) is 2.74. The van der Waals surface area contributed by atoms with E-state index in [2.05, 4.69) is 18.9 Å². The van der Waals surface area contributed by atoms with E-state index in [0.29, 0.717) is 5.92 Å². The van der Waals surface area contributed by atoms with Gasteiger partial charge < -0.3 is 4.74 Å². The van der Waals surface area contributed by atoms with Gasteiger partial charge in [-0.15, -0.1) is 5.10 Å². The normalized spacial score (nSPS) is 10.8. The highest BCUT2D eigenvalue weighted by atomic mass is 16.5. The fourth-order valence-electron chi connectivity index (χ4n) is 0.850. The third-order valence-corrected chi connectivity index (χ3v) is 1.66. The maximum atomic E-state index is 5.44. The van der Waals surface area contributed by atoms with E-state index in [1.54, 1.807) is 0 Å². The second kappa shape index (κ2) is 3.61. The summed E-state index contributed by atoms with van der Waals surface area (Å²) in [4.78, 5) is 0. The van der Waals surface area contributed by atoms with Crippen molar-refractivity contribution >= 4 is 0 Å². The monoisotopic (exact) mass is 168 g/mol. The number of hydrogen-bond acceptors (Lipinski definition) is 2. The summed E-state index contributed by atoms with van der Waals surface area (Å²) in [6.07, 6.45) is 0. The molecular weight excluding hydrogens is 152 g/mol. The first kappa shape index (κ1) is 9.10. The van der Waals surface area contributed by atoms with E-state index in [-0.39, 0.29) is 0 Å². The van der Waals surface area contributed by atoms with Crippen LogP contribution in [0.4, 0.5) is 0 Å². The van der Waals surface area contributed by atoms with Gasteiger partial charge in [0.05, 0.1) is 6.61 Å². The number of rotatable bonds is 3. The molecule has 0 aliphatic heterocycles. The quantitative estimate of drug-likeness (QED) is 0.687. The minimum absolute atomic E-state index is 0.548. The highest BCUT2D eigenvalue weighted by Crippen LogP contribution is 2.10. The van der Waals surface area contributed by atoms with E-state index in [1.165, 1.54) is 0 Å². The maximum Gasteiger partial charge on any atom is 0.232 e. The molecular formula is C9H16N2O. The molecule has 1 heterocycles. The molecule has 0 saturated carbocycles. The van der Waals surface area contributed by atoms with Gasteiger partial charge in [-0.1, -0.05) is 13.8 Å². The fourth-order valence-corrected chi connectivity index (χ4v) is 0.850. The van der Waals surface area contributed by atoms with Crippen molar-refractivity contribution in [1.29, 1.82) is 0 Å². The Balaban J connectivity index is 2.53. The van der Waals surface area contributed by atoms with Crippen molar-refractivity contribution < 1.29 is 4.74 Å². The number of ether oxygens (including phenoxy) is 1. The Bertz CT molecular complexity index is 234. The molecule has 0 atom stereocenters. The van der Waals surface area contributed by atoms with Crippen LogP contribution in [-0.4, -0.2) is 16.4 Å². The Morgan fingerprint density at radius 3 is 2.67 bits per heavy atom. The van der Waals surface area contributed by atoms with Crippen molar-refractivity contribution in [2.75, 3.05) is 6.61 Å². The molecule has 68 valence electrons. The van der Waals surface area contributed by atoms with Gasteiger partial charge >= 0.3 is 0 Å². The third-order valence-electron chi connectivity index (χ3n) is 1.66. The predicted octanol–water partition coefficient (Wildman–Crippen LogP) is 1.76. The lowest BCUT2D eigenvalue weighted by molar-refractivity contribution is 0.259. The fraction of sp³-hybridized carbons (Fsp3) is 0.667. The standard InChI is InChI=1S/C9H16N2O/c1-7(2)6-12-9-5-8(3)11(4)10-9/h5,7H,6H2,1-4H3. The molecule has 1 rings (SSSR count). The molecule has 1 aromatic rings. The molecule has 0 unspecified atom stereocenters. The number of aryl methyl sites for hydroxylation is 2. The molecule has 0 aromatic carbocycles. The number of aromatic nitrogens is 2. The van der Waals surface area contributed by atoms with Crippen molar-refractivity contribution in [3.63, 3.8) is 0 Å². The van der Waals surface area contributed by atoms with Crippen molar-refractivity contribution in [2.45, 2.75) is 20.8 Å². The Morgan fingerprint density at radius 2 is 2.25 bits per heavy atom. The van der Waals surface area contributed by atoms with Crippen LogP contribution in [0, 0.1) is 12.8 Å². The minimum atomic E-state index is 0.548. The van der Waals surface area contributed by atoms with E-state index >= 15 is 0 Å². The predicted molar refractivity (Wildman–Crippen MR) is 48.3 cm³/mol. The molecule has 0 bridgehead atoms. The first-order chi connectivity index (χ1) is 5.59. The molecule has 3 nitrogen and oxygen atoms in total. The highest BCUT2D eigenvalue weighted by molar-refractivity contribution is 5.13. The van der Waals surface area contributed by atoms with Crippen molar-refractivity contribution in [2.24, 2.45) is 13.0 Å². The summed E-state index contributed by atoms with van der Waals surface area (Å²) in [5, 5.41) is 4.18. The van der Waals surface area contributed by atoms with Crippen molar-refractivity contribution in [3.8, 4) is 5.88 Å². The third kappa shape index (κ3) is 2.26. The van der Waals surface area contributed by atoms with Gasteiger partial charge in [0, 0.05) is 18.8 Å². The Hall–Kier alpha value is -0.990. The summed E-state index contributed by atoms with van der Waals surface area (Å²) in [7, 11) is 1.91. The lowest BCUT2D eigenvalue weighted by atomic mass is 10.2. The van der Waals surface area contributed by atoms with Crippen LogP contribution < -0.4 is 4.74 Å². The number of nitrogens with zero attached hydrogens (tertiary/aromatic N) is 2. The topological polar surface area (TPSA) is 27.1 Å². The van der Waals surface area contributed by atoms with Crippen LogP contribution in [0.5, 0.6) is 5.88 Å². The first-order valence-electron chi connectivity index (χ1n) is 4.23. The smallest absolute Gasteiger partial charge is 0.232 e. The zero-order chi connectivity index (χ0) is 9.14. The van der Waals surface area contributed by atoms with Gasteiger partial charge in [-0.2, -0.15) is 0 Å². The van der Waals surface area contributed by atoms with E-state index in [0.717, 1.165) is 18.2 Å². The van der Waals surface area contributed by atoms with Crippen LogP contribution in [0.2, 0.25) is 0 Å². The van der Waals surface area contributed by atoms with Gasteiger partial charge in [0.15, 0.2) is 0 Å². The molecule has 12 heavy (non-hydrogen) atoms. The van der Waals surface area contributed by atoms with Crippen LogP contribution in [0.25, 0.3) is 0 Å². The molecule has 0 fully saturated rings. The van der Waals surface area contributed by atoms with E-state index in [4.69, 9.17) is 4.74 Å². The average molecular weight is 168 g/mol. The maximum absolute atomic E-state index is 5.44. The zero-order valence-electron chi connectivity index (χ0n) is 8.16. The van der Waals surface area contributed by atoms with E-state index in [1.807, 2.05) is 24.7 Å². The lowest BCUT2D eigenvalue weighted by Gasteiger charge is -2.04. The van der Waals surface area contributed by atoms with Gasteiger partial charge in [-0.3, -0.25) is 4.68 Å². The van der Waals surface area contributed by atoms with E-state index < -0.39 is 0 Å². The average Bonchev–Trinajstić information content (AvgIpc) is 2.28. The molecule has 0 N–H and O–H groups in total. The van der Waals surface area contributed by atoms with Gasteiger partial charge in [-0.25, -0.2) is 0 Å². The van der Waals surface area contributed by atoms with Crippen LogP contribution in [0.1, 0.15) is 19.5 Å². The van der Waals surface area contributed by atoms with Crippen LogP contribution in [-0.2, 0) is 7.05 Å². The largest absolute Gasteiger partial charge is 0.476 e. The Morgan fingerprint density at radius 1 is 1.58 bits per heavy atom. The van der Waals surface area contributed by atoms with Gasteiger partial charge in [-0.05, 0) is 12.8 Å². The lowest BCUT2D eigenvalue weighted by Crippen LogP contribution is -2.05. The van der Waals surface area contributed by atoms with Crippen molar-refractivity contribution in [3.05, 3.63) is 11.8 Å². The summed E-state index contributed by atoms with van der Waals surface area (Å²) >= 11 is 0. The second-order valence-corrected chi connectivity index (χ2v) is 3.45. The summed E-state index contributed by atoms with van der Waals surface area (Å²) in [6, 6.07) is 1.95. The first-order valence-corrected chi connectivity index (χ1v) is 4.23. The number of hydrogen-bond donors (Lipinski definition) is 0. The molecule has 0 amide bonds. The highest BCUT2D eigenvalue weighted by Gasteiger charge is 2.02. The molecule has 0 spiro atoms. The van der Waals surface area contributed by atoms with Crippen LogP contribution >= 0.6 is 0 Å². The zero-order valence-corrected chi connectivity index (χ0v) is 8.16. The minimum Gasteiger partial charge on any atom is -0.476 e. The summed E-state index contributed by atoms with van der Waals surface area (Å²) in [5.74, 6) is 1.27. The molecule has 1 aromatic heterocycles. The van der Waals surface area contributed by atoms with E-state index in [9.17, 15) is 0 Å². The molecule has 0 radical (unpaired) electrons. The molecule has 0 aliphatic rings. The summed E-state index contributed by atoms with van der Waals surface area (Å²) < 4.78 is 7.25. The molecule has 0 aliphatic carbocycles. The van der Waals surface area contributed by atoms with Crippen LogP contribution in [0.3, 0.4) is 0 Å². The van der Waals surface area contributed by atoms with Crippen molar-refractivity contribution in [1.82, 2.24) is 9.78 Å². The summed E-state index contributed by atoms with van der Waals surface area (Å²) in [6.45, 7) is 6.98. The van der Waals surface area contributed by atoms with Gasteiger partial charge in [0.1, 0.15) is 0 Å². The van der Waals surface area contributed by atoms with Gasteiger partial charge in [0.25, 0.3) is 0 Å². The summed E-state index contributed by atoms with van der Waals surface area (Å²) in [5.41, 5.74) is 1.12. The molecule has 3 heteroatoms. The Labute approximate surface area is 73.3 Å². The second-order valence-electron chi connectivity index (χ2n) is 3.45. The molecule has 0 saturated heterocycles. The SMILES string of the molecule is Cc1cc(OCC(C)C)nn1C. The van der Waals surface area contributed by atoms with Gasteiger partial charge in [0.2, 0.25) is 5.88 Å². The van der Waals surface area contributed by atoms with Crippen LogP contribution in [0.15, 0.2) is 6.07 Å².